The summed E-state index contributed by atoms with van der Waals surface area (Å²) in [5, 5.41) is 7.12. The van der Waals surface area contributed by atoms with Crippen LogP contribution in [-0.4, -0.2) is 93.6 Å². The van der Waals surface area contributed by atoms with Crippen molar-refractivity contribution in [3.63, 3.8) is 0 Å². The predicted molar refractivity (Wildman–Crippen MR) is 139 cm³/mol. The van der Waals surface area contributed by atoms with Crippen LogP contribution in [0.25, 0.3) is 0 Å². The molecule has 0 bridgehead atoms. The number of carbonyl (C=O) groups is 1. The summed E-state index contributed by atoms with van der Waals surface area (Å²) in [4.78, 5) is 28.7. The first-order valence-corrected chi connectivity index (χ1v) is 14.3. The number of nitrogens with zero attached hydrogens (tertiary/aromatic N) is 4. The van der Waals surface area contributed by atoms with Crippen LogP contribution in [0.4, 0.5) is 5.13 Å². The number of hydrogen-bond donors (Lipinski definition) is 1. The van der Waals surface area contributed by atoms with Gasteiger partial charge in [-0.15, -0.1) is 11.3 Å². The SMILES string of the molecule is CN(C)CCN(C)Cc1cnc(NC(=O)/C(=N/O[C@@H]2CCOC2)c2ccc(S(=O)(=O)C3CC3)cc2)s1. The fourth-order valence-corrected chi connectivity index (χ4v) is 6.18. The van der Waals surface area contributed by atoms with E-state index in [2.05, 4.69) is 25.3 Å². The van der Waals surface area contributed by atoms with Gasteiger partial charge in [-0.3, -0.25) is 15.0 Å². The van der Waals surface area contributed by atoms with Gasteiger partial charge in [0.2, 0.25) is 0 Å². The van der Waals surface area contributed by atoms with E-state index in [0.717, 1.165) is 24.5 Å². The Bertz CT molecular complexity index is 1170. The summed E-state index contributed by atoms with van der Waals surface area (Å²) >= 11 is 1.40. The van der Waals surface area contributed by atoms with Gasteiger partial charge in [-0.1, -0.05) is 17.3 Å². The fraction of sp³-hybridized carbons (Fsp3) is 0.542. The van der Waals surface area contributed by atoms with Gasteiger partial charge in [-0.2, -0.15) is 0 Å². The molecule has 2 aliphatic rings. The molecule has 1 aliphatic carbocycles. The molecule has 2 heterocycles. The molecule has 2 aromatic rings. The Labute approximate surface area is 216 Å². The van der Waals surface area contributed by atoms with Crippen LogP contribution in [0.5, 0.6) is 0 Å². The Hall–Kier alpha value is -2.38. The molecule has 10 nitrogen and oxygen atoms in total. The number of likely N-dealkylation sites (N-methyl/N-ethyl adjacent to an activating group) is 2. The molecular weight excluding hydrogens is 502 g/mol. The number of anilines is 1. The maximum atomic E-state index is 13.2. The molecular formula is C24H33N5O5S2. The van der Waals surface area contributed by atoms with Crippen molar-refractivity contribution >= 4 is 37.9 Å². The second kappa shape index (κ2) is 11.8. The quantitative estimate of drug-likeness (QED) is 0.325. The van der Waals surface area contributed by atoms with Crippen LogP contribution in [-0.2, 0) is 30.8 Å². The second-order valence-electron chi connectivity index (χ2n) is 9.43. The molecule has 1 amide bonds. The lowest BCUT2D eigenvalue weighted by atomic mass is 10.1. The minimum Gasteiger partial charge on any atom is -0.389 e. The maximum Gasteiger partial charge on any atom is 0.280 e. The second-order valence-corrected chi connectivity index (χ2v) is 12.8. The van der Waals surface area contributed by atoms with Gasteiger partial charge < -0.3 is 14.5 Å². The van der Waals surface area contributed by atoms with E-state index in [1.165, 1.54) is 23.5 Å². The monoisotopic (exact) mass is 535 g/mol. The van der Waals surface area contributed by atoms with Crippen molar-refractivity contribution in [2.24, 2.45) is 5.16 Å². The lowest BCUT2D eigenvalue weighted by Crippen LogP contribution is -2.28. The highest BCUT2D eigenvalue weighted by atomic mass is 32.2. The van der Waals surface area contributed by atoms with Crippen molar-refractivity contribution in [1.82, 2.24) is 14.8 Å². The van der Waals surface area contributed by atoms with Crippen LogP contribution >= 0.6 is 11.3 Å². The number of thiazole rings is 1. The van der Waals surface area contributed by atoms with Crippen molar-refractivity contribution < 1.29 is 22.8 Å². The predicted octanol–water partition coefficient (Wildman–Crippen LogP) is 2.22. The first kappa shape index (κ1) is 26.7. The number of amides is 1. The number of hydrogen-bond acceptors (Lipinski definition) is 10. The number of ether oxygens (including phenoxy) is 1. The van der Waals surface area contributed by atoms with E-state index in [9.17, 15) is 13.2 Å². The number of sulfone groups is 1. The molecule has 36 heavy (non-hydrogen) atoms. The van der Waals surface area contributed by atoms with Gasteiger partial charge in [-0.25, -0.2) is 13.4 Å². The number of benzene rings is 1. The number of aromatic nitrogens is 1. The number of nitrogens with one attached hydrogen (secondary N) is 1. The summed E-state index contributed by atoms with van der Waals surface area (Å²) in [6, 6.07) is 6.23. The zero-order chi connectivity index (χ0) is 25.7. The molecule has 1 aromatic heterocycles. The third-order valence-electron chi connectivity index (χ3n) is 5.94. The van der Waals surface area contributed by atoms with Crippen LogP contribution in [0, 0.1) is 0 Å². The van der Waals surface area contributed by atoms with Crippen molar-refractivity contribution in [3.8, 4) is 0 Å². The van der Waals surface area contributed by atoms with Gasteiger partial charge in [-0.05, 0) is 46.1 Å². The minimum atomic E-state index is -3.32. The first-order chi connectivity index (χ1) is 17.2. The Morgan fingerprint density at radius 2 is 1.94 bits per heavy atom. The van der Waals surface area contributed by atoms with E-state index in [1.54, 1.807) is 18.3 Å². The lowest BCUT2D eigenvalue weighted by Gasteiger charge is -2.18. The van der Waals surface area contributed by atoms with Crippen molar-refractivity contribution in [1.29, 1.82) is 0 Å². The van der Waals surface area contributed by atoms with Crippen molar-refractivity contribution in [2.45, 2.75) is 42.1 Å². The fourth-order valence-electron chi connectivity index (χ4n) is 3.63. The highest BCUT2D eigenvalue weighted by Crippen LogP contribution is 2.33. The van der Waals surface area contributed by atoms with Gasteiger partial charge in [0, 0.05) is 42.7 Å². The molecule has 1 saturated heterocycles. The molecule has 0 radical (unpaired) electrons. The normalized spacial score (nSPS) is 18.7. The molecule has 1 atom stereocenters. The Morgan fingerprint density at radius 1 is 1.19 bits per heavy atom. The standard InChI is InChI=1S/C24H33N5O5S2/c1-28(2)11-12-29(3)15-19-14-25-24(35-19)26-23(30)22(27-34-18-10-13-33-16-18)17-4-6-20(7-5-17)36(31,32)21-8-9-21/h4-7,14,18,21H,8-13,15-16H2,1-3H3,(H,25,26,30)/b27-22+/t18-/m1/s1. The zero-order valence-corrected chi connectivity index (χ0v) is 22.5. The number of oxime groups is 1. The van der Waals surface area contributed by atoms with E-state index in [-0.39, 0.29) is 22.0 Å². The van der Waals surface area contributed by atoms with Gasteiger partial charge in [0.1, 0.15) is 0 Å². The van der Waals surface area contributed by atoms with Gasteiger partial charge >= 0.3 is 0 Å². The van der Waals surface area contributed by atoms with Crippen LogP contribution in [0.2, 0.25) is 0 Å². The highest BCUT2D eigenvalue weighted by molar-refractivity contribution is 7.92. The Balaban J connectivity index is 1.47. The smallest absolute Gasteiger partial charge is 0.280 e. The zero-order valence-electron chi connectivity index (χ0n) is 20.8. The van der Waals surface area contributed by atoms with E-state index < -0.39 is 15.7 Å². The summed E-state index contributed by atoms with van der Waals surface area (Å²) in [6.07, 6.45) is 3.60. The summed E-state index contributed by atoms with van der Waals surface area (Å²) in [7, 11) is 2.80. The van der Waals surface area contributed by atoms with E-state index in [0.29, 0.717) is 43.2 Å². The third kappa shape index (κ3) is 7.10. The summed E-state index contributed by atoms with van der Waals surface area (Å²) in [5.74, 6) is -0.478. The molecule has 1 N–H and O–H groups in total. The third-order valence-corrected chi connectivity index (χ3v) is 9.12. The number of rotatable bonds is 12. The Morgan fingerprint density at radius 3 is 2.58 bits per heavy atom. The molecule has 2 fully saturated rings. The van der Waals surface area contributed by atoms with Gasteiger partial charge in [0.25, 0.3) is 5.91 Å². The summed E-state index contributed by atoms with van der Waals surface area (Å²) in [6.45, 7) is 3.59. The molecule has 12 heteroatoms. The molecule has 1 aromatic carbocycles. The topological polar surface area (TPSA) is 113 Å². The first-order valence-electron chi connectivity index (χ1n) is 12.0. The van der Waals surface area contributed by atoms with E-state index >= 15 is 0 Å². The van der Waals surface area contributed by atoms with Crippen molar-refractivity contribution in [2.75, 3.05) is 52.8 Å². The van der Waals surface area contributed by atoms with Crippen LogP contribution in [0.1, 0.15) is 29.7 Å². The molecule has 1 aliphatic heterocycles. The van der Waals surface area contributed by atoms with Crippen LogP contribution in [0.15, 0.2) is 40.5 Å². The lowest BCUT2D eigenvalue weighted by molar-refractivity contribution is -0.110. The highest BCUT2D eigenvalue weighted by Gasteiger charge is 2.36. The average molecular weight is 536 g/mol. The number of carbonyl (C=O) groups excluding carboxylic acids is 1. The minimum absolute atomic E-state index is 0.0529. The van der Waals surface area contributed by atoms with Gasteiger partial charge in [0.15, 0.2) is 26.8 Å². The summed E-state index contributed by atoms with van der Waals surface area (Å²) < 4.78 is 30.4. The van der Waals surface area contributed by atoms with E-state index in [4.69, 9.17) is 9.57 Å². The maximum absolute atomic E-state index is 13.2. The molecule has 4 rings (SSSR count). The molecule has 196 valence electrons. The van der Waals surface area contributed by atoms with Gasteiger partial charge in [0.05, 0.1) is 23.4 Å². The summed E-state index contributed by atoms with van der Waals surface area (Å²) in [5.41, 5.74) is 0.512. The van der Waals surface area contributed by atoms with E-state index in [1.807, 2.05) is 21.1 Å². The molecule has 0 unspecified atom stereocenters. The van der Waals surface area contributed by atoms with Crippen LogP contribution in [0.3, 0.4) is 0 Å². The van der Waals surface area contributed by atoms with Crippen molar-refractivity contribution in [3.05, 3.63) is 40.9 Å². The Kier molecular flexibility index (Phi) is 8.73. The van der Waals surface area contributed by atoms with Crippen LogP contribution < -0.4 is 5.32 Å². The largest absolute Gasteiger partial charge is 0.389 e. The molecule has 1 saturated carbocycles. The average Bonchev–Trinajstić information content (AvgIpc) is 3.43. The molecule has 0 spiro atoms.